The molecular weight excluding hydrogens is 438 g/mol. The SMILES string of the molecule is O=C1CCCN1CCOc1ccccc1C(=O)N1CCC[C@H](Cc2cnc3ccccc3c2)CC1. The summed E-state index contributed by atoms with van der Waals surface area (Å²) in [6, 6.07) is 18.0. The molecule has 35 heavy (non-hydrogen) atoms. The Hall–Kier alpha value is -3.41. The zero-order chi connectivity index (χ0) is 24.0. The maximum absolute atomic E-state index is 13.4. The van der Waals surface area contributed by atoms with Crippen LogP contribution in [-0.2, 0) is 11.2 Å². The van der Waals surface area contributed by atoms with Gasteiger partial charge in [0.05, 0.1) is 17.6 Å². The number of aromatic nitrogens is 1. The quantitative estimate of drug-likeness (QED) is 0.500. The predicted octanol–water partition coefficient (Wildman–Crippen LogP) is 4.72. The molecular formula is C29H33N3O3. The van der Waals surface area contributed by atoms with E-state index in [2.05, 4.69) is 23.2 Å². The fourth-order valence-electron chi connectivity index (χ4n) is 5.28. The lowest BCUT2D eigenvalue weighted by molar-refractivity contribution is -0.128. The molecule has 0 unspecified atom stereocenters. The van der Waals surface area contributed by atoms with Crippen LogP contribution in [0.4, 0.5) is 0 Å². The van der Waals surface area contributed by atoms with Crippen LogP contribution in [0.25, 0.3) is 10.9 Å². The Morgan fingerprint density at radius 2 is 1.86 bits per heavy atom. The standard InChI is InChI=1S/C29H33N3O3/c33-28-12-6-14-31(28)17-18-35-27-11-4-2-9-25(27)29(34)32-15-5-7-22(13-16-32)19-23-20-24-8-1-3-10-26(24)30-21-23/h1-4,8-11,20-22H,5-7,12-19H2/t22-/m0/s1. The van der Waals surface area contributed by atoms with Gasteiger partial charge in [0.25, 0.3) is 5.91 Å². The van der Waals surface area contributed by atoms with Crippen molar-refractivity contribution < 1.29 is 14.3 Å². The summed E-state index contributed by atoms with van der Waals surface area (Å²) >= 11 is 0. The van der Waals surface area contributed by atoms with E-state index in [4.69, 9.17) is 4.74 Å². The fraction of sp³-hybridized carbons (Fsp3) is 0.414. The second-order valence-electron chi connectivity index (χ2n) is 9.66. The number of likely N-dealkylation sites (tertiary alicyclic amines) is 2. The molecule has 0 N–H and O–H groups in total. The van der Waals surface area contributed by atoms with Gasteiger partial charge in [-0.2, -0.15) is 0 Å². The Morgan fingerprint density at radius 1 is 1.00 bits per heavy atom. The second-order valence-corrected chi connectivity index (χ2v) is 9.66. The van der Waals surface area contributed by atoms with Crippen molar-refractivity contribution in [3.63, 3.8) is 0 Å². The van der Waals surface area contributed by atoms with Crippen LogP contribution in [0.1, 0.15) is 48.0 Å². The van der Waals surface area contributed by atoms with E-state index in [0.29, 0.717) is 36.8 Å². The van der Waals surface area contributed by atoms with Crippen molar-refractivity contribution in [2.75, 3.05) is 32.8 Å². The molecule has 2 saturated heterocycles. The molecule has 3 aromatic rings. The van der Waals surface area contributed by atoms with E-state index in [1.807, 2.05) is 52.4 Å². The van der Waals surface area contributed by atoms with Crippen molar-refractivity contribution in [1.82, 2.24) is 14.8 Å². The third-order valence-electron chi connectivity index (χ3n) is 7.21. The lowest BCUT2D eigenvalue weighted by Crippen LogP contribution is -2.33. The zero-order valence-corrected chi connectivity index (χ0v) is 20.2. The molecule has 6 heteroatoms. The van der Waals surface area contributed by atoms with Crippen molar-refractivity contribution in [3.8, 4) is 5.75 Å². The minimum absolute atomic E-state index is 0.0332. The number of rotatable bonds is 7. The Morgan fingerprint density at radius 3 is 2.74 bits per heavy atom. The zero-order valence-electron chi connectivity index (χ0n) is 20.2. The number of fused-ring (bicyclic) bond motifs is 1. The number of ether oxygens (including phenoxy) is 1. The number of para-hydroxylation sites is 2. The summed E-state index contributed by atoms with van der Waals surface area (Å²) in [6.07, 6.45) is 7.63. The molecule has 2 aliphatic rings. The average molecular weight is 472 g/mol. The van der Waals surface area contributed by atoms with Gasteiger partial charge in [0.1, 0.15) is 12.4 Å². The first-order chi connectivity index (χ1) is 17.2. The molecule has 2 aliphatic heterocycles. The average Bonchev–Trinajstić information content (AvgIpc) is 3.15. The van der Waals surface area contributed by atoms with Gasteiger partial charge in [0.2, 0.25) is 5.91 Å². The van der Waals surface area contributed by atoms with Crippen LogP contribution in [0.5, 0.6) is 5.75 Å². The molecule has 0 saturated carbocycles. The van der Waals surface area contributed by atoms with Crippen LogP contribution in [0.15, 0.2) is 60.8 Å². The normalized spacial score (nSPS) is 18.6. The lowest BCUT2D eigenvalue weighted by Gasteiger charge is -2.22. The monoisotopic (exact) mass is 471 g/mol. The number of nitrogens with zero attached hydrogens (tertiary/aromatic N) is 3. The van der Waals surface area contributed by atoms with Gasteiger partial charge < -0.3 is 14.5 Å². The molecule has 2 fully saturated rings. The van der Waals surface area contributed by atoms with E-state index < -0.39 is 0 Å². The smallest absolute Gasteiger partial charge is 0.257 e. The van der Waals surface area contributed by atoms with Crippen molar-refractivity contribution >= 4 is 22.7 Å². The molecule has 2 aromatic carbocycles. The number of carbonyl (C=O) groups excluding carboxylic acids is 2. The number of hydrogen-bond acceptors (Lipinski definition) is 4. The molecule has 0 bridgehead atoms. The highest BCUT2D eigenvalue weighted by molar-refractivity contribution is 5.97. The van der Waals surface area contributed by atoms with Gasteiger partial charge >= 0.3 is 0 Å². The lowest BCUT2D eigenvalue weighted by atomic mass is 9.93. The van der Waals surface area contributed by atoms with Crippen LogP contribution >= 0.6 is 0 Å². The van der Waals surface area contributed by atoms with E-state index in [1.54, 1.807) is 0 Å². The summed E-state index contributed by atoms with van der Waals surface area (Å²) in [5.74, 6) is 1.37. The third-order valence-corrected chi connectivity index (χ3v) is 7.21. The van der Waals surface area contributed by atoms with E-state index in [0.717, 1.165) is 57.3 Å². The van der Waals surface area contributed by atoms with Crippen LogP contribution in [0, 0.1) is 5.92 Å². The Balaban J connectivity index is 1.18. The maximum atomic E-state index is 13.4. The highest BCUT2D eigenvalue weighted by atomic mass is 16.5. The second kappa shape index (κ2) is 10.9. The molecule has 3 heterocycles. The maximum Gasteiger partial charge on any atom is 0.257 e. The number of carbonyl (C=O) groups is 2. The van der Waals surface area contributed by atoms with E-state index in [9.17, 15) is 9.59 Å². The van der Waals surface area contributed by atoms with Gasteiger partial charge in [-0.25, -0.2) is 0 Å². The largest absolute Gasteiger partial charge is 0.491 e. The number of pyridine rings is 1. The summed E-state index contributed by atoms with van der Waals surface area (Å²) < 4.78 is 5.98. The minimum Gasteiger partial charge on any atom is -0.491 e. The third kappa shape index (κ3) is 5.64. The summed E-state index contributed by atoms with van der Waals surface area (Å²) in [6.45, 7) is 3.28. The predicted molar refractivity (Wildman–Crippen MR) is 136 cm³/mol. The van der Waals surface area contributed by atoms with Crippen LogP contribution in [0.3, 0.4) is 0 Å². The van der Waals surface area contributed by atoms with Gasteiger partial charge in [-0.05, 0) is 67.9 Å². The van der Waals surface area contributed by atoms with E-state index in [1.165, 1.54) is 10.9 Å². The van der Waals surface area contributed by atoms with Crippen LogP contribution in [0.2, 0.25) is 0 Å². The summed E-state index contributed by atoms with van der Waals surface area (Å²) in [4.78, 5) is 33.7. The summed E-state index contributed by atoms with van der Waals surface area (Å²) in [7, 11) is 0. The Bertz CT molecular complexity index is 1190. The van der Waals surface area contributed by atoms with Gasteiger partial charge in [0.15, 0.2) is 0 Å². The molecule has 2 amide bonds. The van der Waals surface area contributed by atoms with Gasteiger partial charge in [-0.1, -0.05) is 30.3 Å². The number of hydrogen-bond donors (Lipinski definition) is 0. The van der Waals surface area contributed by atoms with Gasteiger partial charge in [0, 0.05) is 37.6 Å². The van der Waals surface area contributed by atoms with Crippen molar-refractivity contribution in [1.29, 1.82) is 0 Å². The van der Waals surface area contributed by atoms with Crippen LogP contribution in [-0.4, -0.2) is 59.4 Å². The number of amides is 2. The molecule has 1 aromatic heterocycles. The highest BCUT2D eigenvalue weighted by Gasteiger charge is 2.24. The van der Waals surface area contributed by atoms with E-state index >= 15 is 0 Å². The first-order valence-corrected chi connectivity index (χ1v) is 12.8. The van der Waals surface area contributed by atoms with Gasteiger partial charge in [-0.15, -0.1) is 0 Å². The fourth-order valence-corrected chi connectivity index (χ4v) is 5.28. The van der Waals surface area contributed by atoms with Crippen molar-refractivity contribution in [3.05, 3.63) is 71.9 Å². The first-order valence-electron chi connectivity index (χ1n) is 12.8. The molecule has 6 nitrogen and oxygen atoms in total. The van der Waals surface area contributed by atoms with Crippen molar-refractivity contribution in [2.45, 2.75) is 38.5 Å². The Kier molecular flexibility index (Phi) is 7.26. The number of benzene rings is 2. The summed E-state index contributed by atoms with van der Waals surface area (Å²) in [5, 5.41) is 1.18. The highest BCUT2D eigenvalue weighted by Crippen LogP contribution is 2.26. The molecule has 5 rings (SSSR count). The minimum atomic E-state index is 0.0332. The first kappa shape index (κ1) is 23.3. The molecule has 182 valence electrons. The molecule has 0 spiro atoms. The topological polar surface area (TPSA) is 62.7 Å². The summed E-state index contributed by atoms with van der Waals surface area (Å²) in [5.41, 5.74) is 2.91. The van der Waals surface area contributed by atoms with Crippen molar-refractivity contribution in [2.24, 2.45) is 5.92 Å². The van der Waals surface area contributed by atoms with Crippen LogP contribution < -0.4 is 4.74 Å². The van der Waals surface area contributed by atoms with Gasteiger partial charge in [-0.3, -0.25) is 14.6 Å². The molecule has 1 atom stereocenters. The van der Waals surface area contributed by atoms with E-state index in [-0.39, 0.29) is 11.8 Å². The Labute approximate surface area is 206 Å². The molecule has 0 radical (unpaired) electrons. The molecule has 0 aliphatic carbocycles.